The average molecular weight is 348 g/mol. The minimum Gasteiger partial charge on any atom is -0.489 e. The smallest absolute Gasteiger partial charge is 0.191 e. The molecule has 0 aromatic heterocycles. The largest absolute Gasteiger partial charge is 0.489 e. The Bertz CT molecular complexity index is 845. The third-order valence-corrected chi connectivity index (χ3v) is 3.88. The summed E-state index contributed by atoms with van der Waals surface area (Å²) in [6.07, 6.45) is 0. The van der Waals surface area contributed by atoms with Gasteiger partial charge in [-0.25, -0.2) is 0 Å². The molecule has 26 heavy (non-hydrogen) atoms. The van der Waals surface area contributed by atoms with Crippen LogP contribution in [0.25, 0.3) is 0 Å². The zero-order valence-electron chi connectivity index (χ0n) is 14.3. The van der Waals surface area contributed by atoms with Gasteiger partial charge >= 0.3 is 0 Å². The van der Waals surface area contributed by atoms with Crippen LogP contribution >= 0.6 is 0 Å². The second-order valence-electron chi connectivity index (χ2n) is 5.79. The summed E-state index contributed by atoms with van der Waals surface area (Å²) in [5, 5.41) is 9.18. The Hall–Kier alpha value is -3.11. The summed E-state index contributed by atoms with van der Waals surface area (Å²) < 4.78 is 11.6. The molecule has 3 aromatic rings. The van der Waals surface area contributed by atoms with Crippen molar-refractivity contribution in [3.63, 3.8) is 0 Å². The fourth-order valence-corrected chi connectivity index (χ4v) is 2.50. The van der Waals surface area contributed by atoms with Crippen molar-refractivity contribution in [2.45, 2.75) is 13.2 Å². The van der Waals surface area contributed by atoms with E-state index in [-0.39, 0.29) is 5.78 Å². The molecule has 4 nitrogen and oxygen atoms in total. The van der Waals surface area contributed by atoms with Gasteiger partial charge in [-0.15, -0.1) is 0 Å². The first-order valence-electron chi connectivity index (χ1n) is 8.38. The van der Waals surface area contributed by atoms with Crippen molar-refractivity contribution >= 4 is 5.78 Å². The Morgan fingerprint density at radius 1 is 0.769 bits per heavy atom. The van der Waals surface area contributed by atoms with E-state index in [0.29, 0.717) is 30.3 Å². The highest BCUT2D eigenvalue weighted by atomic mass is 16.5. The minimum absolute atomic E-state index is 0.328. The number of hydrogen-bond donors (Lipinski definition) is 1. The number of ether oxygens (including phenoxy) is 2. The lowest BCUT2D eigenvalue weighted by molar-refractivity contribution is 0.0899. The van der Waals surface area contributed by atoms with Gasteiger partial charge in [-0.1, -0.05) is 60.7 Å². The number of aliphatic hydroxyl groups is 1. The summed E-state index contributed by atoms with van der Waals surface area (Å²) >= 11 is 0. The van der Waals surface area contributed by atoms with Crippen LogP contribution in [0.1, 0.15) is 21.5 Å². The lowest BCUT2D eigenvalue weighted by Gasteiger charge is -2.13. The zero-order chi connectivity index (χ0) is 18.2. The third kappa shape index (κ3) is 4.71. The van der Waals surface area contributed by atoms with E-state index in [4.69, 9.17) is 9.47 Å². The molecule has 0 bridgehead atoms. The van der Waals surface area contributed by atoms with E-state index >= 15 is 0 Å². The Kier molecular flexibility index (Phi) is 6.01. The van der Waals surface area contributed by atoms with Crippen molar-refractivity contribution in [3.05, 3.63) is 95.6 Å². The number of carbonyl (C=O) groups excluding carboxylic acids is 1. The number of hydrogen-bond acceptors (Lipinski definition) is 4. The second-order valence-corrected chi connectivity index (χ2v) is 5.79. The Morgan fingerprint density at radius 2 is 1.35 bits per heavy atom. The first-order chi connectivity index (χ1) is 12.8. The van der Waals surface area contributed by atoms with E-state index in [9.17, 15) is 9.90 Å². The number of rotatable bonds is 8. The highest BCUT2D eigenvalue weighted by Crippen LogP contribution is 2.27. The van der Waals surface area contributed by atoms with Crippen molar-refractivity contribution in [1.82, 2.24) is 0 Å². The molecule has 0 aliphatic carbocycles. The van der Waals surface area contributed by atoms with E-state index in [2.05, 4.69) is 0 Å². The third-order valence-electron chi connectivity index (χ3n) is 3.88. The number of carbonyl (C=O) groups is 1. The normalized spacial score (nSPS) is 10.3. The molecule has 3 aromatic carbocycles. The lowest BCUT2D eigenvalue weighted by Crippen LogP contribution is -2.08. The Balaban J connectivity index is 1.76. The zero-order valence-corrected chi connectivity index (χ0v) is 14.3. The molecule has 4 heteroatoms. The summed E-state index contributed by atoms with van der Waals surface area (Å²) in [4.78, 5) is 12.0. The van der Waals surface area contributed by atoms with Gasteiger partial charge < -0.3 is 14.6 Å². The highest BCUT2D eigenvalue weighted by Gasteiger charge is 2.13. The first-order valence-corrected chi connectivity index (χ1v) is 8.38. The summed E-state index contributed by atoms with van der Waals surface area (Å²) in [6, 6.07) is 24.5. The molecule has 0 atom stereocenters. The molecular formula is C22H20O4. The van der Waals surface area contributed by atoms with Crippen LogP contribution in [-0.2, 0) is 13.2 Å². The van der Waals surface area contributed by atoms with Crippen molar-refractivity contribution in [3.8, 4) is 11.5 Å². The maximum atomic E-state index is 12.0. The highest BCUT2D eigenvalue weighted by molar-refractivity contribution is 5.99. The van der Waals surface area contributed by atoms with Crippen LogP contribution in [0.3, 0.4) is 0 Å². The van der Waals surface area contributed by atoms with Gasteiger partial charge in [0.15, 0.2) is 5.78 Å². The van der Waals surface area contributed by atoms with Crippen molar-refractivity contribution in [2.75, 3.05) is 6.61 Å². The number of Topliss-reactive ketones (excluding diaryl/α,β-unsaturated/α-hetero) is 1. The lowest BCUT2D eigenvalue weighted by atomic mass is 10.1. The monoisotopic (exact) mass is 348 g/mol. The van der Waals surface area contributed by atoms with Crippen LogP contribution in [0.4, 0.5) is 0 Å². The minimum atomic E-state index is -0.564. The first kappa shape index (κ1) is 17.7. The Labute approximate surface area is 152 Å². The van der Waals surface area contributed by atoms with E-state index < -0.39 is 6.61 Å². The maximum Gasteiger partial charge on any atom is 0.191 e. The Morgan fingerprint density at radius 3 is 1.92 bits per heavy atom. The van der Waals surface area contributed by atoms with Gasteiger partial charge in [0.05, 0.1) is 5.56 Å². The van der Waals surface area contributed by atoms with Gasteiger partial charge in [-0.05, 0) is 23.3 Å². The van der Waals surface area contributed by atoms with Crippen LogP contribution in [0.2, 0.25) is 0 Å². The number of ketones is 1. The molecular weight excluding hydrogens is 328 g/mol. The van der Waals surface area contributed by atoms with E-state index in [1.807, 2.05) is 60.7 Å². The SMILES string of the molecule is O=C(CO)c1ccc(OCc2ccccc2)cc1OCc1ccccc1. The van der Waals surface area contributed by atoms with E-state index in [1.54, 1.807) is 18.2 Å². The summed E-state index contributed by atoms with van der Waals surface area (Å²) in [5.41, 5.74) is 2.38. The van der Waals surface area contributed by atoms with Crippen molar-refractivity contribution in [1.29, 1.82) is 0 Å². The van der Waals surface area contributed by atoms with Crippen LogP contribution in [0.15, 0.2) is 78.9 Å². The van der Waals surface area contributed by atoms with Crippen molar-refractivity contribution in [2.24, 2.45) is 0 Å². The summed E-state index contributed by atoms with van der Waals surface area (Å²) in [7, 11) is 0. The van der Waals surface area contributed by atoms with Crippen LogP contribution < -0.4 is 9.47 Å². The van der Waals surface area contributed by atoms with Crippen molar-refractivity contribution < 1.29 is 19.4 Å². The summed E-state index contributed by atoms with van der Waals surface area (Å²) in [6.45, 7) is 0.187. The fourth-order valence-electron chi connectivity index (χ4n) is 2.50. The van der Waals surface area contributed by atoms with Gasteiger partial charge in [0.1, 0.15) is 31.3 Å². The van der Waals surface area contributed by atoms with Crippen LogP contribution in [0.5, 0.6) is 11.5 Å². The quantitative estimate of drug-likeness (QED) is 0.625. The van der Waals surface area contributed by atoms with Crippen LogP contribution in [-0.4, -0.2) is 17.5 Å². The van der Waals surface area contributed by atoms with E-state index in [1.165, 1.54) is 0 Å². The topological polar surface area (TPSA) is 55.8 Å². The fraction of sp³-hybridized carbons (Fsp3) is 0.136. The molecule has 0 unspecified atom stereocenters. The van der Waals surface area contributed by atoms with Gasteiger partial charge in [-0.2, -0.15) is 0 Å². The predicted octanol–water partition coefficient (Wildman–Crippen LogP) is 4.02. The molecule has 0 radical (unpaired) electrons. The molecule has 1 N–H and O–H groups in total. The molecule has 132 valence electrons. The molecule has 0 saturated heterocycles. The van der Waals surface area contributed by atoms with Gasteiger partial charge in [0, 0.05) is 6.07 Å². The van der Waals surface area contributed by atoms with Gasteiger partial charge in [-0.3, -0.25) is 4.79 Å². The molecule has 0 aliphatic heterocycles. The molecule has 0 saturated carbocycles. The van der Waals surface area contributed by atoms with E-state index in [0.717, 1.165) is 11.1 Å². The molecule has 0 amide bonds. The molecule has 0 fully saturated rings. The predicted molar refractivity (Wildman–Crippen MR) is 99.4 cm³/mol. The standard InChI is InChI=1S/C22H20O4/c23-14-21(24)20-12-11-19(25-15-17-7-3-1-4-8-17)13-22(20)26-16-18-9-5-2-6-10-18/h1-13,23H,14-16H2. The molecule has 0 aliphatic rings. The summed E-state index contributed by atoms with van der Waals surface area (Å²) in [5.74, 6) is 0.618. The number of aliphatic hydroxyl groups excluding tert-OH is 1. The average Bonchev–Trinajstić information content (AvgIpc) is 2.71. The molecule has 0 heterocycles. The van der Waals surface area contributed by atoms with Gasteiger partial charge in [0.25, 0.3) is 0 Å². The molecule has 3 rings (SSSR count). The second kappa shape index (κ2) is 8.83. The number of benzene rings is 3. The maximum absolute atomic E-state index is 12.0. The van der Waals surface area contributed by atoms with Gasteiger partial charge in [0.2, 0.25) is 0 Å². The molecule has 0 spiro atoms. The van der Waals surface area contributed by atoms with Crippen LogP contribution in [0, 0.1) is 0 Å².